The van der Waals surface area contributed by atoms with Gasteiger partial charge in [-0.1, -0.05) is 6.92 Å². The average molecular weight is 299 g/mol. The number of aliphatic carboxylic acids is 1. The van der Waals surface area contributed by atoms with E-state index < -0.39 is 11.5 Å². The molecule has 0 aromatic carbocycles. The number of hydrogen-bond acceptors (Lipinski definition) is 4. The van der Waals surface area contributed by atoms with Crippen molar-refractivity contribution >= 4 is 5.97 Å². The van der Waals surface area contributed by atoms with Crippen molar-refractivity contribution in [2.24, 2.45) is 0 Å². The monoisotopic (exact) mass is 299 g/mol. The lowest BCUT2D eigenvalue weighted by Gasteiger charge is -2.36. The van der Waals surface area contributed by atoms with Crippen LogP contribution in [0.3, 0.4) is 0 Å². The van der Waals surface area contributed by atoms with Crippen molar-refractivity contribution in [2.75, 3.05) is 27.2 Å². The van der Waals surface area contributed by atoms with Gasteiger partial charge < -0.3 is 10.0 Å². The second-order valence-corrected chi connectivity index (χ2v) is 7.02. The van der Waals surface area contributed by atoms with Crippen LogP contribution in [0.5, 0.6) is 0 Å². The largest absolute Gasteiger partial charge is 0.480 e. The highest BCUT2D eigenvalue weighted by Crippen LogP contribution is 2.34. The zero-order valence-corrected chi connectivity index (χ0v) is 14.5. The Morgan fingerprint density at radius 2 is 2.00 bits per heavy atom. The van der Waals surface area contributed by atoms with Crippen LogP contribution in [-0.4, -0.2) is 71.7 Å². The SMILES string of the molecule is CCN(C(C)CN(C)C)C1CCC(NC(C)C)(C(=O)O)C1. The molecule has 0 spiro atoms. The summed E-state index contributed by atoms with van der Waals surface area (Å²) >= 11 is 0. The van der Waals surface area contributed by atoms with Crippen LogP contribution in [0, 0.1) is 0 Å². The van der Waals surface area contributed by atoms with Gasteiger partial charge in [0.1, 0.15) is 5.54 Å². The lowest BCUT2D eigenvalue weighted by molar-refractivity contribution is -0.145. The predicted molar refractivity (Wildman–Crippen MR) is 86.7 cm³/mol. The smallest absolute Gasteiger partial charge is 0.323 e. The Balaban J connectivity index is 2.79. The van der Waals surface area contributed by atoms with Gasteiger partial charge in [-0.05, 0) is 60.7 Å². The maximum absolute atomic E-state index is 11.8. The minimum Gasteiger partial charge on any atom is -0.480 e. The number of carbonyl (C=O) groups is 1. The van der Waals surface area contributed by atoms with E-state index in [1.807, 2.05) is 13.8 Å². The first-order valence-electron chi connectivity index (χ1n) is 8.13. The van der Waals surface area contributed by atoms with Crippen molar-refractivity contribution in [3.63, 3.8) is 0 Å². The van der Waals surface area contributed by atoms with Crippen molar-refractivity contribution in [2.45, 2.75) is 70.6 Å². The summed E-state index contributed by atoms with van der Waals surface area (Å²) in [7, 11) is 4.17. The second-order valence-electron chi connectivity index (χ2n) is 7.02. The molecule has 1 fully saturated rings. The lowest BCUT2D eigenvalue weighted by atomic mass is 9.96. The van der Waals surface area contributed by atoms with Gasteiger partial charge >= 0.3 is 5.97 Å². The van der Waals surface area contributed by atoms with Crippen LogP contribution in [0.15, 0.2) is 0 Å². The van der Waals surface area contributed by atoms with Crippen LogP contribution >= 0.6 is 0 Å². The molecule has 3 unspecified atom stereocenters. The van der Waals surface area contributed by atoms with Crippen LogP contribution in [-0.2, 0) is 4.79 Å². The van der Waals surface area contributed by atoms with Crippen LogP contribution < -0.4 is 5.32 Å². The van der Waals surface area contributed by atoms with E-state index in [0.29, 0.717) is 18.5 Å². The van der Waals surface area contributed by atoms with Crippen molar-refractivity contribution in [3.05, 3.63) is 0 Å². The highest BCUT2D eigenvalue weighted by molar-refractivity contribution is 5.79. The standard InChI is InChI=1S/C16H33N3O2/c1-7-19(13(4)11-18(5)6)14-8-9-16(10-14,15(20)21)17-12(2)3/h12-14,17H,7-11H2,1-6H3,(H,20,21). The molecule has 5 nitrogen and oxygen atoms in total. The number of rotatable bonds is 8. The lowest BCUT2D eigenvalue weighted by Crippen LogP contribution is -2.54. The molecule has 0 aromatic rings. The summed E-state index contributed by atoms with van der Waals surface area (Å²) in [6.45, 7) is 10.4. The summed E-state index contributed by atoms with van der Waals surface area (Å²) in [5, 5.41) is 13.0. The highest BCUT2D eigenvalue weighted by Gasteiger charge is 2.47. The molecular weight excluding hydrogens is 266 g/mol. The number of likely N-dealkylation sites (N-methyl/N-ethyl adjacent to an activating group) is 2. The van der Waals surface area contributed by atoms with Gasteiger partial charge in [0.15, 0.2) is 0 Å². The first-order valence-corrected chi connectivity index (χ1v) is 8.13. The molecule has 0 radical (unpaired) electrons. The fourth-order valence-electron chi connectivity index (χ4n) is 3.81. The van der Waals surface area contributed by atoms with E-state index in [4.69, 9.17) is 0 Å². The van der Waals surface area contributed by atoms with E-state index >= 15 is 0 Å². The molecule has 0 aliphatic heterocycles. The maximum Gasteiger partial charge on any atom is 0.323 e. The minimum atomic E-state index is -0.746. The van der Waals surface area contributed by atoms with E-state index in [1.165, 1.54) is 0 Å². The fraction of sp³-hybridized carbons (Fsp3) is 0.938. The van der Waals surface area contributed by atoms with Crippen LogP contribution in [0.25, 0.3) is 0 Å². The normalized spacial score (nSPS) is 27.8. The topological polar surface area (TPSA) is 55.8 Å². The quantitative estimate of drug-likeness (QED) is 0.713. The third-order valence-corrected chi connectivity index (χ3v) is 4.49. The summed E-state index contributed by atoms with van der Waals surface area (Å²) in [5.41, 5.74) is -0.746. The minimum absolute atomic E-state index is 0.189. The maximum atomic E-state index is 11.8. The van der Waals surface area contributed by atoms with Gasteiger partial charge in [-0.3, -0.25) is 15.0 Å². The van der Waals surface area contributed by atoms with Crippen molar-refractivity contribution in [1.82, 2.24) is 15.1 Å². The third-order valence-electron chi connectivity index (χ3n) is 4.49. The number of nitrogens with zero attached hydrogens (tertiary/aromatic N) is 2. The average Bonchev–Trinajstić information content (AvgIpc) is 2.73. The summed E-state index contributed by atoms with van der Waals surface area (Å²) in [5.74, 6) is -0.699. The number of carboxylic acids is 1. The van der Waals surface area contributed by atoms with Crippen LogP contribution in [0.1, 0.15) is 47.0 Å². The second kappa shape index (κ2) is 7.56. The van der Waals surface area contributed by atoms with Crippen molar-refractivity contribution in [1.29, 1.82) is 0 Å². The van der Waals surface area contributed by atoms with Gasteiger partial charge in [-0.2, -0.15) is 0 Å². The van der Waals surface area contributed by atoms with Crippen LogP contribution in [0.2, 0.25) is 0 Å². The molecular formula is C16H33N3O2. The fourth-order valence-corrected chi connectivity index (χ4v) is 3.81. The first kappa shape index (κ1) is 18.4. The van der Waals surface area contributed by atoms with Crippen molar-refractivity contribution < 1.29 is 9.90 Å². The highest BCUT2D eigenvalue weighted by atomic mass is 16.4. The molecule has 0 aromatic heterocycles. The van der Waals surface area contributed by atoms with Gasteiger partial charge in [0.25, 0.3) is 0 Å². The van der Waals surface area contributed by atoms with E-state index in [2.05, 4.69) is 43.1 Å². The molecule has 5 heteroatoms. The molecule has 0 amide bonds. The molecule has 2 N–H and O–H groups in total. The molecule has 21 heavy (non-hydrogen) atoms. The molecule has 0 heterocycles. The van der Waals surface area contributed by atoms with Gasteiger partial charge in [-0.25, -0.2) is 0 Å². The Hall–Kier alpha value is -0.650. The summed E-state index contributed by atoms with van der Waals surface area (Å²) in [6.07, 6.45) is 2.38. The Morgan fingerprint density at radius 3 is 2.43 bits per heavy atom. The van der Waals surface area contributed by atoms with E-state index in [1.54, 1.807) is 0 Å². The first-order chi connectivity index (χ1) is 9.71. The Kier molecular flexibility index (Phi) is 6.63. The number of carboxylic acid groups (broad SMARTS) is 1. The Morgan fingerprint density at radius 1 is 1.38 bits per heavy atom. The molecule has 3 atom stereocenters. The van der Waals surface area contributed by atoms with E-state index in [0.717, 1.165) is 25.9 Å². The van der Waals surface area contributed by atoms with Gasteiger partial charge in [0, 0.05) is 24.7 Å². The molecule has 0 saturated heterocycles. The van der Waals surface area contributed by atoms with E-state index in [-0.39, 0.29) is 6.04 Å². The zero-order chi connectivity index (χ0) is 16.2. The molecule has 1 saturated carbocycles. The molecule has 0 bridgehead atoms. The number of nitrogens with one attached hydrogen (secondary N) is 1. The molecule has 124 valence electrons. The summed E-state index contributed by atoms with van der Waals surface area (Å²) in [6, 6.07) is 0.986. The number of hydrogen-bond donors (Lipinski definition) is 2. The van der Waals surface area contributed by atoms with Crippen molar-refractivity contribution in [3.8, 4) is 0 Å². The summed E-state index contributed by atoms with van der Waals surface area (Å²) in [4.78, 5) is 16.4. The van der Waals surface area contributed by atoms with E-state index in [9.17, 15) is 9.90 Å². The summed E-state index contributed by atoms with van der Waals surface area (Å²) < 4.78 is 0. The molecule has 1 rings (SSSR count). The van der Waals surface area contributed by atoms with Crippen LogP contribution in [0.4, 0.5) is 0 Å². The molecule has 1 aliphatic rings. The Bertz CT molecular complexity index is 346. The van der Waals surface area contributed by atoms with Gasteiger partial charge in [0.2, 0.25) is 0 Å². The van der Waals surface area contributed by atoms with Gasteiger partial charge in [-0.15, -0.1) is 0 Å². The van der Waals surface area contributed by atoms with Gasteiger partial charge in [0.05, 0.1) is 0 Å². The molecule has 1 aliphatic carbocycles. The third kappa shape index (κ3) is 4.66. The zero-order valence-electron chi connectivity index (χ0n) is 14.5. The predicted octanol–water partition coefficient (Wildman–Crippen LogP) is 1.63. The Labute approximate surface area is 129 Å².